The molecule has 0 aliphatic carbocycles. The van der Waals surface area contributed by atoms with E-state index in [1.807, 2.05) is 37.3 Å². The van der Waals surface area contributed by atoms with Crippen LogP contribution in [0.4, 0.5) is 16.3 Å². The SMILES string of the molecule is CCOc1cccc(NC(=O)Nc2ccnn2Cc2ccccn2)c1. The highest BCUT2D eigenvalue weighted by molar-refractivity contribution is 5.99. The summed E-state index contributed by atoms with van der Waals surface area (Å²) < 4.78 is 7.11. The van der Waals surface area contributed by atoms with Crippen molar-refractivity contribution in [3.63, 3.8) is 0 Å². The highest BCUT2D eigenvalue weighted by Crippen LogP contribution is 2.17. The average Bonchev–Trinajstić information content (AvgIpc) is 3.03. The average molecular weight is 337 g/mol. The van der Waals surface area contributed by atoms with Crippen molar-refractivity contribution in [1.29, 1.82) is 0 Å². The molecule has 0 atom stereocenters. The Kier molecular flexibility index (Phi) is 5.26. The Bertz CT molecular complexity index is 832. The van der Waals surface area contributed by atoms with Crippen LogP contribution in [0, 0.1) is 0 Å². The predicted octanol–water partition coefficient (Wildman–Crippen LogP) is 3.37. The number of hydrogen-bond acceptors (Lipinski definition) is 4. The van der Waals surface area contributed by atoms with Crippen molar-refractivity contribution in [2.45, 2.75) is 13.5 Å². The molecule has 7 nitrogen and oxygen atoms in total. The van der Waals surface area contributed by atoms with E-state index in [2.05, 4.69) is 20.7 Å². The zero-order valence-electron chi connectivity index (χ0n) is 13.8. The summed E-state index contributed by atoms with van der Waals surface area (Å²) in [6, 6.07) is 14.3. The molecule has 1 aromatic carbocycles. The molecule has 128 valence electrons. The molecular weight excluding hydrogens is 318 g/mol. The molecule has 0 aliphatic rings. The zero-order valence-corrected chi connectivity index (χ0v) is 13.8. The first kappa shape index (κ1) is 16.5. The van der Waals surface area contributed by atoms with Gasteiger partial charge in [-0.25, -0.2) is 9.48 Å². The van der Waals surface area contributed by atoms with Gasteiger partial charge in [-0.15, -0.1) is 0 Å². The van der Waals surface area contributed by atoms with Crippen molar-refractivity contribution in [3.8, 4) is 5.75 Å². The van der Waals surface area contributed by atoms with Crippen LogP contribution in [0.5, 0.6) is 5.75 Å². The second-order valence-corrected chi connectivity index (χ2v) is 5.24. The lowest BCUT2D eigenvalue weighted by Gasteiger charge is -2.11. The number of rotatable bonds is 6. The summed E-state index contributed by atoms with van der Waals surface area (Å²) in [5.41, 5.74) is 1.51. The molecule has 0 aliphatic heterocycles. The first-order valence-electron chi connectivity index (χ1n) is 7.97. The molecule has 2 aromatic heterocycles. The number of nitrogens with zero attached hydrogens (tertiary/aromatic N) is 3. The Morgan fingerprint density at radius 3 is 2.84 bits per heavy atom. The number of benzene rings is 1. The van der Waals surface area contributed by atoms with E-state index in [9.17, 15) is 4.79 Å². The topological polar surface area (TPSA) is 81.1 Å². The fourth-order valence-corrected chi connectivity index (χ4v) is 2.32. The Labute approximate surface area is 145 Å². The monoisotopic (exact) mass is 337 g/mol. The van der Waals surface area contributed by atoms with Gasteiger partial charge in [0.25, 0.3) is 0 Å². The number of nitrogens with one attached hydrogen (secondary N) is 2. The van der Waals surface area contributed by atoms with E-state index in [4.69, 9.17) is 4.74 Å². The molecule has 0 unspecified atom stereocenters. The smallest absolute Gasteiger partial charge is 0.324 e. The van der Waals surface area contributed by atoms with E-state index in [0.29, 0.717) is 30.4 Å². The van der Waals surface area contributed by atoms with Gasteiger partial charge in [-0.05, 0) is 31.2 Å². The second kappa shape index (κ2) is 7.96. The fraction of sp³-hybridized carbons (Fsp3) is 0.167. The molecule has 2 heterocycles. The summed E-state index contributed by atoms with van der Waals surface area (Å²) in [4.78, 5) is 16.5. The summed E-state index contributed by atoms with van der Waals surface area (Å²) in [5.74, 6) is 1.30. The third-order valence-electron chi connectivity index (χ3n) is 3.40. The zero-order chi connectivity index (χ0) is 17.5. The van der Waals surface area contributed by atoms with Crippen molar-refractivity contribution < 1.29 is 9.53 Å². The van der Waals surface area contributed by atoms with Crippen molar-refractivity contribution in [2.75, 3.05) is 17.2 Å². The number of pyridine rings is 1. The number of carbonyl (C=O) groups excluding carboxylic acids is 1. The van der Waals surface area contributed by atoms with Crippen LogP contribution < -0.4 is 15.4 Å². The maximum absolute atomic E-state index is 12.2. The Morgan fingerprint density at radius 2 is 2.04 bits per heavy atom. The minimum Gasteiger partial charge on any atom is -0.494 e. The van der Waals surface area contributed by atoms with Crippen molar-refractivity contribution in [3.05, 3.63) is 66.6 Å². The molecule has 3 aromatic rings. The van der Waals surface area contributed by atoms with E-state index in [1.165, 1.54) is 0 Å². The number of urea groups is 1. The first-order chi connectivity index (χ1) is 12.2. The van der Waals surface area contributed by atoms with Gasteiger partial charge in [-0.3, -0.25) is 10.3 Å². The lowest BCUT2D eigenvalue weighted by Crippen LogP contribution is -2.22. The quantitative estimate of drug-likeness (QED) is 0.722. The minimum absolute atomic E-state index is 0.351. The van der Waals surface area contributed by atoms with Crippen molar-refractivity contribution >= 4 is 17.5 Å². The molecule has 3 rings (SSSR count). The first-order valence-corrected chi connectivity index (χ1v) is 7.97. The molecule has 2 amide bonds. The van der Waals surface area contributed by atoms with Gasteiger partial charge in [-0.1, -0.05) is 12.1 Å². The standard InChI is InChI=1S/C18H19N5O2/c1-2-25-16-8-5-7-14(12-16)21-18(24)22-17-9-11-20-23(17)13-15-6-3-4-10-19-15/h3-12H,2,13H2,1H3,(H2,21,22,24). The van der Waals surface area contributed by atoms with Gasteiger partial charge in [0, 0.05) is 24.0 Å². The van der Waals surface area contributed by atoms with Gasteiger partial charge in [0.1, 0.15) is 11.6 Å². The second-order valence-electron chi connectivity index (χ2n) is 5.24. The molecule has 7 heteroatoms. The fourth-order valence-electron chi connectivity index (χ4n) is 2.32. The Morgan fingerprint density at radius 1 is 1.12 bits per heavy atom. The molecule has 2 N–H and O–H groups in total. The summed E-state index contributed by atoms with van der Waals surface area (Å²) in [5, 5.41) is 9.80. The molecule has 0 spiro atoms. The van der Waals surface area contributed by atoms with Crippen LogP contribution in [0.25, 0.3) is 0 Å². The van der Waals surface area contributed by atoms with Gasteiger partial charge in [-0.2, -0.15) is 5.10 Å². The molecule has 0 saturated carbocycles. The summed E-state index contributed by atoms with van der Waals surface area (Å²) >= 11 is 0. The van der Waals surface area contributed by atoms with E-state index in [1.54, 1.807) is 35.3 Å². The largest absolute Gasteiger partial charge is 0.494 e. The third-order valence-corrected chi connectivity index (χ3v) is 3.40. The normalized spacial score (nSPS) is 10.3. The molecule has 0 bridgehead atoms. The number of carbonyl (C=O) groups is 1. The number of ether oxygens (including phenoxy) is 1. The Hall–Kier alpha value is -3.35. The lowest BCUT2D eigenvalue weighted by molar-refractivity contribution is 0.262. The third kappa shape index (κ3) is 4.57. The van der Waals surface area contributed by atoms with Crippen LogP contribution in [-0.4, -0.2) is 27.4 Å². The summed E-state index contributed by atoms with van der Waals surface area (Å²) in [6.45, 7) is 2.96. The van der Waals surface area contributed by atoms with E-state index >= 15 is 0 Å². The lowest BCUT2D eigenvalue weighted by atomic mass is 10.3. The van der Waals surface area contributed by atoms with Crippen LogP contribution in [0.1, 0.15) is 12.6 Å². The molecular formula is C18H19N5O2. The molecule has 0 radical (unpaired) electrons. The maximum Gasteiger partial charge on any atom is 0.324 e. The highest BCUT2D eigenvalue weighted by atomic mass is 16.5. The van der Waals surface area contributed by atoms with Gasteiger partial charge < -0.3 is 10.1 Å². The van der Waals surface area contributed by atoms with E-state index in [-0.39, 0.29) is 6.03 Å². The number of hydrogen-bond donors (Lipinski definition) is 2. The molecule has 0 saturated heterocycles. The molecule has 25 heavy (non-hydrogen) atoms. The van der Waals surface area contributed by atoms with Gasteiger partial charge in [0.05, 0.1) is 25.0 Å². The van der Waals surface area contributed by atoms with Crippen LogP contribution >= 0.6 is 0 Å². The van der Waals surface area contributed by atoms with Crippen LogP contribution in [-0.2, 0) is 6.54 Å². The van der Waals surface area contributed by atoms with Crippen LogP contribution in [0.2, 0.25) is 0 Å². The molecule has 0 fully saturated rings. The predicted molar refractivity (Wildman–Crippen MR) is 95.8 cm³/mol. The van der Waals surface area contributed by atoms with Gasteiger partial charge in [0.2, 0.25) is 0 Å². The summed E-state index contributed by atoms with van der Waals surface area (Å²) in [7, 11) is 0. The summed E-state index contributed by atoms with van der Waals surface area (Å²) in [6.07, 6.45) is 3.36. The van der Waals surface area contributed by atoms with Crippen LogP contribution in [0.3, 0.4) is 0 Å². The number of amides is 2. The highest BCUT2D eigenvalue weighted by Gasteiger charge is 2.09. The Balaban J connectivity index is 1.64. The number of aromatic nitrogens is 3. The number of anilines is 2. The van der Waals surface area contributed by atoms with E-state index in [0.717, 1.165) is 5.69 Å². The van der Waals surface area contributed by atoms with Crippen LogP contribution in [0.15, 0.2) is 60.9 Å². The van der Waals surface area contributed by atoms with Crippen molar-refractivity contribution in [2.24, 2.45) is 0 Å². The van der Waals surface area contributed by atoms with Gasteiger partial charge >= 0.3 is 6.03 Å². The van der Waals surface area contributed by atoms with Crippen molar-refractivity contribution in [1.82, 2.24) is 14.8 Å². The maximum atomic E-state index is 12.2. The van der Waals surface area contributed by atoms with E-state index < -0.39 is 0 Å². The van der Waals surface area contributed by atoms with Gasteiger partial charge in [0.15, 0.2) is 0 Å². The minimum atomic E-state index is -0.351.